The maximum Gasteiger partial charge on any atom is 0.218 e. The molecular weight excluding hydrogens is 311 g/mol. The number of nitrogens with one attached hydrogen (secondary N) is 1. The van der Waals surface area contributed by atoms with Gasteiger partial charge in [0, 0.05) is 24.0 Å². The molecule has 100 valence electrons. The van der Waals surface area contributed by atoms with E-state index in [9.17, 15) is 4.39 Å². The number of hydrogen-bond donors (Lipinski definition) is 1. The van der Waals surface area contributed by atoms with Gasteiger partial charge < -0.3 is 10.1 Å². The lowest BCUT2D eigenvalue weighted by molar-refractivity contribution is 0.393. The monoisotopic (exact) mass is 324 g/mol. The predicted octanol–water partition coefficient (Wildman–Crippen LogP) is 3.91. The van der Waals surface area contributed by atoms with Gasteiger partial charge in [-0.15, -0.1) is 0 Å². The number of aromatic nitrogens is 1. The van der Waals surface area contributed by atoms with Gasteiger partial charge in [0.25, 0.3) is 0 Å². The minimum absolute atomic E-state index is 0.286. The van der Waals surface area contributed by atoms with Crippen LogP contribution < -0.4 is 10.1 Å². The van der Waals surface area contributed by atoms with Crippen molar-refractivity contribution < 1.29 is 9.13 Å². The summed E-state index contributed by atoms with van der Waals surface area (Å²) in [5.41, 5.74) is 2.65. The van der Waals surface area contributed by atoms with E-state index in [1.165, 1.54) is 6.07 Å². The van der Waals surface area contributed by atoms with Crippen molar-refractivity contribution in [3.05, 3.63) is 51.9 Å². The number of benzene rings is 1. The summed E-state index contributed by atoms with van der Waals surface area (Å²) < 4.78 is 19.1. The molecule has 0 saturated carbocycles. The second kappa shape index (κ2) is 6.02. The predicted molar refractivity (Wildman–Crippen MR) is 77.0 cm³/mol. The Kier molecular flexibility index (Phi) is 4.37. The van der Waals surface area contributed by atoms with Gasteiger partial charge in [0.15, 0.2) is 0 Å². The zero-order valence-corrected chi connectivity index (χ0v) is 12.3. The minimum atomic E-state index is -0.286. The van der Waals surface area contributed by atoms with Gasteiger partial charge in [0.2, 0.25) is 5.88 Å². The molecule has 19 heavy (non-hydrogen) atoms. The number of nitrogens with zero attached hydrogens (tertiary/aromatic N) is 1. The third-order valence-electron chi connectivity index (χ3n) is 2.78. The maximum absolute atomic E-state index is 13.5. The molecule has 2 aromatic rings. The van der Waals surface area contributed by atoms with Crippen molar-refractivity contribution in [2.75, 3.05) is 12.4 Å². The molecule has 0 atom stereocenters. The molecular formula is C14H14BrFN2O. The van der Waals surface area contributed by atoms with Crippen LogP contribution in [0, 0.1) is 12.7 Å². The lowest BCUT2D eigenvalue weighted by Gasteiger charge is -2.12. The van der Waals surface area contributed by atoms with Gasteiger partial charge >= 0.3 is 0 Å². The Morgan fingerprint density at radius 3 is 2.95 bits per heavy atom. The SMILES string of the molecule is COc1ncccc1CNc1cc(F)c(Br)cc1C. The van der Waals surface area contributed by atoms with E-state index in [2.05, 4.69) is 26.2 Å². The van der Waals surface area contributed by atoms with Crippen LogP contribution in [0.2, 0.25) is 0 Å². The summed E-state index contributed by atoms with van der Waals surface area (Å²) in [7, 11) is 1.58. The highest BCUT2D eigenvalue weighted by atomic mass is 79.9. The number of ether oxygens (including phenoxy) is 1. The fourth-order valence-electron chi connectivity index (χ4n) is 1.77. The first kappa shape index (κ1) is 13.8. The quantitative estimate of drug-likeness (QED) is 0.925. The summed E-state index contributed by atoms with van der Waals surface area (Å²) >= 11 is 3.17. The lowest BCUT2D eigenvalue weighted by Crippen LogP contribution is -2.04. The van der Waals surface area contributed by atoms with E-state index in [1.807, 2.05) is 19.1 Å². The number of rotatable bonds is 4. The molecule has 1 heterocycles. The summed E-state index contributed by atoms with van der Waals surface area (Å²) in [5.74, 6) is 0.288. The van der Waals surface area contributed by atoms with Crippen LogP contribution in [0.15, 0.2) is 34.9 Å². The van der Waals surface area contributed by atoms with Crippen molar-refractivity contribution in [1.29, 1.82) is 0 Å². The van der Waals surface area contributed by atoms with Gasteiger partial charge in [-0.3, -0.25) is 0 Å². The minimum Gasteiger partial charge on any atom is -0.481 e. The molecule has 0 aliphatic carbocycles. The lowest BCUT2D eigenvalue weighted by atomic mass is 10.2. The molecule has 5 heteroatoms. The van der Waals surface area contributed by atoms with Gasteiger partial charge in [0.05, 0.1) is 11.6 Å². The molecule has 0 unspecified atom stereocenters. The first-order valence-electron chi connectivity index (χ1n) is 5.79. The molecule has 0 aliphatic rings. The zero-order chi connectivity index (χ0) is 13.8. The zero-order valence-electron chi connectivity index (χ0n) is 10.7. The maximum atomic E-state index is 13.5. The largest absolute Gasteiger partial charge is 0.481 e. The molecule has 1 N–H and O–H groups in total. The molecule has 0 radical (unpaired) electrons. The Morgan fingerprint density at radius 1 is 1.42 bits per heavy atom. The fourth-order valence-corrected chi connectivity index (χ4v) is 2.23. The van der Waals surface area contributed by atoms with E-state index in [1.54, 1.807) is 19.4 Å². The van der Waals surface area contributed by atoms with Crippen molar-refractivity contribution in [3.63, 3.8) is 0 Å². The summed E-state index contributed by atoms with van der Waals surface area (Å²) in [6, 6.07) is 6.98. The second-order valence-corrected chi connectivity index (χ2v) is 4.96. The number of aryl methyl sites for hydroxylation is 1. The summed E-state index contributed by atoms with van der Waals surface area (Å²) in [6.45, 7) is 2.45. The Bertz CT molecular complexity index is 590. The molecule has 0 bridgehead atoms. The van der Waals surface area contributed by atoms with E-state index in [4.69, 9.17) is 4.74 Å². The number of hydrogen-bond acceptors (Lipinski definition) is 3. The molecule has 3 nitrogen and oxygen atoms in total. The van der Waals surface area contributed by atoms with Crippen LogP contribution in [0.5, 0.6) is 5.88 Å². The standard InChI is InChI=1S/C14H14BrFN2O/c1-9-6-11(15)12(16)7-13(9)18-8-10-4-3-5-17-14(10)19-2/h3-7,18H,8H2,1-2H3. The molecule has 0 amide bonds. The molecule has 0 aliphatic heterocycles. The first-order valence-corrected chi connectivity index (χ1v) is 6.58. The molecule has 2 rings (SSSR count). The fraction of sp³-hybridized carbons (Fsp3) is 0.214. The van der Waals surface area contributed by atoms with Gasteiger partial charge in [-0.25, -0.2) is 9.37 Å². The molecule has 1 aromatic heterocycles. The average molecular weight is 325 g/mol. The topological polar surface area (TPSA) is 34.1 Å². The van der Waals surface area contributed by atoms with Crippen LogP contribution in [-0.2, 0) is 6.54 Å². The smallest absolute Gasteiger partial charge is 0.218 e. The number of halogens is 2. The molecule has 0 fully saturated rings. The Hall–Kier alpha value is -1.62. The highest BCUT2D eigenvalue weighted by Crippen LogP contribution is 2.25. The highest BCUT2D eigenvalue weighted by Gasteiger charge is 2.07. The first-order chi connectivity index (χ1) is 9.11. The highest BCUT2D eigenvalue weighted by molar-refractivity contribution is 9.10. The number of methoxy groups -OCH3 is 1. The Balaban J connectivity index is 2.17. The molecule has 0 saturated heterocycles. The second-order valence-electron chi connectivity index (χ2n) is 4.11. The van der Waals surface area contributed by atoms with Gasteiger partial charge in [-0.1, -0.05) is 6.07 Å². The summed E-state index contributed by atoms with van der Waals surface area (Å²) in [4.78, 5) is 4.12. The van der Waals surface area contributed by atoms with Crippen LogP contribution in [-0.4, -0.2) is 12.1 Å². The van der Waals surface area contributed by atoms with E-state index < -0.39 is 0 Å². The summed E-state index contributed by atoms with van der Waals surface area (Å²) in [5, 5.41) is 3.19. The van der Waals surface area contributed by atoms with E-state index in [0.29, 0.717) is 16.9 Å². The van der Waals surface area contributed by atoms with E-state index >= 15 is 0 Å². The number of pyridine rings is 1. The van der Waals surface area contributed by atoms with Crippen molar-refractivity contribution in [2.24, 2.45) is 0 Å². The van der Waals surface area contributed by atoms with Crippen LogP contribution >= 0.6 is 15.9 Å². The Labute approximate surface area is 119 Å². The van der Waals surface area contributed by atoms with Crippen LogP contribution in [0.3, 0.4) is 0 Å². The summed E-state index contributed by atoms with van der Waals surface area (Å²) in [6.07, 6.45) is 1.67. The number of anilines is 1. The van der Waals surface area contributed by atoms with Crippen LogP contribution in [0.1, 0.15) is 11.1 Å². The van der Waals surface area contributed by atoms with E-state index in [0.717, 1.165) is 16.8 Å². The van der Waals surface area contributed by atoms with Crippen LogP contribution in [0.4, 0.5) is 10.1 Å². The van der Waals surface area contributed by atoms with Crippen molar-refractivity contribution in [3.8, 4) is 5.88 Å². The molecule has 1 aromatic carbocycles. The van der Waals surface area contributed by atoms with Gasteiger partial charge in [-0.05, 0) is 46.6 Å². The average Bonchev–Trinajstić information content (AvgIpc) is 2.41. The molecule has 0 spiro atoms. The van der Waals surface area contributed by atoms with E-state index in [-0.39, 0.29) is 5.82 Å². The van der Waals surface area contributed by atoms with Crippen molar-refractivity contribution >= 4 is 21.6 Å². The van der Waals surface area contributed by atoms with Gasteiger partial charge in [0.1, 0.15) is 5.82 Å². The van der Waals surface area contributed by atoms with Crippen LogP contribution in [0.25, 0.3) is 0 Å². The normalized spacial score (nSPS) is 10.3. The van der Waals surface area contributed by atoms with Crippen molar-refractivity contribution in [1.82, 2.24) is 4.98 Å². The van der Waals surface area contributed by atoms with Crippen molar-refractivity contribution in [2.45, 2.75) is 13.5 Å². The third kappa shape index (κ3) is 3.23. The third-order valence-corrected chi connectivity index (χ3v) is 3.39. The van der Waals surface area contributed by atoms with Gasteiger partial charge in [-0.2, -0.15) is 0 Å². The Morgan fingerprint density at radius 2 is 2.21 bits per heavy atom.